The molecule has 0 aliphatic carbocycles. The molecule has 2 aromatic carbocycles. The first-order valence-corrected chi connectivity index (χ1v) is 10.0. The van der Waals surface area contributed by atoms with Gasteiger partial charge < -0.3 is 10.2 Å². The van der Waals surface area contributed by atoms with Crippen molar-refractivity contribution in [3.8, 4) is 0 Å². The van der Waals surface area contributed by atoms with Crippen LogP contribution in [0.25, 0.3) is 0 Å². The summed E-state index contributed by atoms with van der Waals surface area (Å²) in [6.45, 7) is 1.50. The number of carbonyl (C=O) groups excluding carboxylic acids is 2. The zero-order chi connectivity index (χ0) is 20.9. The number of para-hydroxylation sites is 1. The molecular weight excluding hydrogens is 383 g/mol. The molecule has 4 rings (SSSR count). The van der Waals surface area contributed by atoms with E-state index < -0.39 is 0 Å². The van der Waals surface area contributed by atoms with E-state index in [1.54, 1.807) is 15.8 Å². The van der Waals surface area contributed by atoms with Gasteiger partial charge in [-0.2, -0.15) is 5.10 Å². The molecule has 30 heavy (non-hydrogen) atoms. The average Bonchev–Trinajstić information content (AvgIpc) is 3.28. The first-order valence-electron chi connectivity index (χ1n) is 10.0. The smallest absolute Gasteiger partial charge is 0.253 e. The minimum atomic E-state index is -0.378. The topological polar surface area (TPSA) is 67.2 Å². The number of carbonyl (C=O) groups is 2. The molecule has 1 atom stereocenters. The summed E-state index contributed by atoms with van der Waals surface area (Å²) < 4.78 is 14.9. The lowest BCUT2D eigenvalue weighted by Gasteiger charge is -2.32. The second-order valence-electron chi connectivity index (χ2n) is 7.45. The summed E-state index contributed by atoms with van der Waals surface area (Å²) in [5.41, 5.74) is 2.15. The van der Waals surface area contributed by atoms with Crippen LogP contribution in [0.4, 0.5) is 10.1 Å². The van der Waals surface area contributed by atoms with E-state index in [0.29, 0.717) is 25.2 Å². The third-order valence-electron chi connectivity index (χ3n) is 5.34. The molecule has 0 saturated carbocycles. The lowest BCUT2D eigenvalue weighted by atomic mass is 9.96. The lowest BCUT2D eigenvalue weighted by Crippen LogP contribution is -2.43. The van der Waals surface area contributed by atoms with Crippen molar-refractivity contribution in [3.63, 3.8) is 0 Å². The highest BCUT2D eigenvalue weighted by molar-refractivity contribution is 5.96. The molecule has 6 nitrogen and oxygen atoms in total. The maximum atomic E-state index is 13.1. The maximum Gasteiger partial charge on any atom is 0.253 e. The molecule has 0 bridgehead atoms. The highest BCUT2D eigenvalue weighted by atomic mass is 19.1. The number of nitrogens with zero attached hydrogens (tertiary/aromatic N) is 3. The Labute approximate surface area is 174 Å². The largest absolute Gasteiger partial charge is 0.338 e. The average molecular weight is 406 g/mol. The summed E-state index contributed by atoms with van der Waals surface area (Å²) in [5, 5.41) is 7.25. The highest BCUT2D eigenvalue weighted by Crippen LogP contribution is 2.22. The fourth-order valence-corrected chi connectivity index (χ4v) is 3.73. The van der Waals surface area contributed by atoms with Crippen molar-refractivity contribution < 1.29 is 14.0 Å². The van der Waals surface area contributed by atoms with E-state index in [0.717, 1.165) is 24.1 Å². The zero-order valence-electron chi connectivity index (χ0n) is 16.5. The molecule has 1 aliphatic heterocycles. The third kappa shape index (κ3) is 4.56. The molecule has 7 heteroatoms. The molecule has 3 aromatic rings. The van der Waals surface area contributed by atoms with Crippen LogP contribution in [0.5, 0.6) is 0 Å². The predicted molar refractivity (Wildman–Crippen MR) is 111 cm³/mol. The minimum Gasteiger partial charge on any atom is -0.338 e. The molecular formula is C23H23FN4O2. The van der Waals surface area contributed by atoms with Crippen LogP contribution in [0.2, 0.25) is 0 Å². The van der Waals surface area contributed by atoms with Crippen LogP contribution in [0, 0.1) is 11.7 Å². The van der Waals surface area contributed by atoms with Crippen molar-refractivity contribution in [2.75, 3.05) is 18.4 Å². The van der Waals surface area contributed by atoms with Crippen molar-refractivity contribution in [3.05, 3.63) is 83.9 Å². The molecule has 154 valence electrons. The fourth-order valence-electron chi connectivity index (χ4n) is 3.73. The highest BCUT2D eigenvalue weighted by Gasteiger charge is 2.29. The van der Waals surface area contributed by atoms with Gasteiger partial charge in [-0.3, -0.25) is 14.3 Å². The van der Waals surface area contributed by atoms with Gasteiger partial charge in [0.2, 0.25) is 5.91 Å². The monoisotopic (exact) mass is 406 g/mol. The number of piperidine rings is 1. The third-order valence-corrected chi connectivity index (χ3v) is 5.34. The van der Waals surface area contributed by atoms with Gasteiger partial charge in [-0.15, -0.1) is 0 Å². The van der Waals surface area contributed by atoms with Gasteiger partial charge in [-0.25, -0.2) is 4.39 Å². The van der Waals surface area contributed by atoms with Gasteiger partial charge in [0.25, 0.3) is 5.91 Å². The molecule has 1 aliphatic rings. The lowest BCUT2D eigenvalue weighted by molar-refractivity contribution is -0.121. The van der Waals surface area contributed by atoms with Crippen LogP contribution < -0.4 is 5.32 Å². The number of hydrogen-bond donors (Lipinski definition) is 1. The number of hydrogen-bond acceptors (Lipinski definition) is 3. The Bertz CT molecular complexity index is 1020. The number of amides is 2. The van der Waals surface area contributed by atoms with E-state index in [4.69, 9.17) is 0 Å². The molecule has 2 amide bonds. The zero-order valence-corrected chi connectivity index (χ0v) is 16.5. The van der Waals surface area contributed by atoms with Crippen LogP contribution in [0.1, 0.15) is 28.8 Å². The van der Waals surface area contributed by atoms with Gasteiger partial charge in [-0.1, -0.05) is 18.2 Å². The van der Waals surface area contributed by atoms with Gasteiger partial charge in [0.05, 0.1) is 12.5 Å². The molecule has 0 radical (unpaired) electrons. The number of rotatable bonds is 5. The summed E-state index contributed by atoms with van der Waals surface area (Å²) in [7, 11) is 0. The predicted octanol–water partition coefficient (Wildman–Crippen LogP) is 3.56. The van der Waals surface area contributed by atoms with Gasteiger partial charge in [0, 0.05) is 36.7 Å². The summed E-state index contributed by atoms with van der Waals surface area (Å²) in [5.74, 6) is -0.941. The SMILES string of the molecule is O=C(Nc1ccccc1Cn1cccn1)C1CCCN(C(=O)c2ccc(F)cc2)C1. The second-order valence-corrected chi connectivity index (χ2v) is 7.45. The van der Waals surface area contributed by atoms with E-state index in [9.17, 15) is 14.0 Å². The van der Waals surface area contributed by atoms with Crippen LogP contribution in [-0.2, 0) is 11.3 Å². The Morgan fingerprint density at radius 2 is 1.90 bits per heavy atom. The Kier molecular flexibility index (Phi) is 5.88. The van der Waals surface area contributed by atoms with Crippen molar-refractivity contribution >= 4 is 17.5 Å². The van der Waals surface area contributed by atoms with Crippen LogP contribution >= 0.6 is 0 Å². The Morgan fingerprint density at radius 1 is 1.10 bits per heavy atom. The fraction of sp³-hybridized carbons (Fsp3) is 0.261. The summed E-state index contributed by atoms with van der Waals surface area (Å²) in [4.78, 5) is 27.4. The second kappa shape index (κ2) is 8.90. The van der Waals surface area contributed by atoms with E-state index in [2.05, 4.69) is 10.4 Å². The van der Waals surface area contributed by atoms with Crippen molar-refractivity contribution in [1.29, 1.82) is 0 Å². The van der Waals surface area contributed by atoms with E-state index in [-0.39, 0.29) is 23.5 Å². The molecule has 1 fully saturated rings. The van der Waals surface area contributed by atoms with Crippen molar-refractivity contribution in [2.45, 2.75) is 19.4 Å². The summed E-state index contributed by atoms with van der Waals surface area (Å²) in [6.07, 6.45) is 5.06. The summed E-state index contributed by atoms with van der Waals surface area (Å²) >= 11 is 0. The van der Waals surface area contributed by atoms with E-state index in [1.807, 2.05) is 36.5 Å². The van der Waals surface area contributed by atoms with Crippen molar-refractivity contribution in [1.82, 2.24) is 14.7 Å². The molecule has 1 N–H and O–H groups in total. The van der Waals surface area contributed by atoms with E-state index >= 15 is 0 Å². The number of nitrogens with one attached hydrogen (secondary N) is 1. The van der Waals surface area contributed by atoms with Gasteiger partial charge in [0.1, 0.15) is 5.82 Å². The first kappa shape index (κ1) is 19.8. The molecule has 0 spiro atoms. The summed E-state index contributed by atoms with van der Waals surface area (Å²) in [6, 6.07) is 15.0. The Balaban J connectivity index is 1.43. The number of aromatic nitrogens is 2. The van der Waals surface area contributed by atoms with Crippen LogP contribution in [0.15, 0.2) is 67.0 Å². The molecule has 2 heterocycles. The van der Waals surface area contributed by atoms with Gasteiger partial charge in [0.15, 0.2) is 0 Å². The quantitative estimate of drug-likeness (QED) is 0.705. The van der Waals surface area contributed by atoms with Gasteiger partial charge in [-0.05, 0) is 54.8 Å². The Hall–Kier alpha value is -3.48. The number of anilines is 1. The normalized spacial score (nSPS) is 16.3. The van der Waals surface area contributed by atoms with Crippen LogP contribution in [-0.4, -0.2) is 39.6 Å². The maximum absolute atomic E-state index is 13.1. The standard InChI is InChI=1S/C23H23FN4O2/c24-20-10-8-17(9-11-20)23(30)27-13-3-6-19(15-27)22(29)26-21-7-2-1-5-18(21)16-28-14-4-12-25-28/h1-2,4-5,7-12,14,19H,3,6,13,15-16H2,(H,26,29). The number of halogens is 1. The van der Waals surface area contributed by atoms with Gasteiger partial charge >= 0.3 is 0 Å². The van der Waals surface area contributed by atoms with E-state index in [1.165, 1.54) is 24.3 Å². The number of benzene rings is 2. The minimum absolute atomic E-state index is 0.0977. The Morgan fingerprint density at radius 3 is 2.67 bits per heavy atom. The first-order chi connectivity index (χ1) is 14.6. The molecule has 1 unspecified atom stereocenters. The number of likely N-dealkylation sites (tertiary alicyclic amines) is 1. The molecule has 1 aromatic heterocycles. The molecule has 1 saturated heterocycles. The van der Waals surface area contributed by atoms with Crippen molar-refractivity contribution in [2.24, 2.45) is 5.92 Å². The van der Waals surface area contributed by atoms with Crippen LogP contribution in [0.3, 0.4) is 0 Å².